The van der Waals surface area contributed by atoms with Crippen molar-refractivity contribution in [3.63, 3.8) is 0 Å². The summed E-state index contributed by atoms with van der Waals surface area (Å²) in [5, 5.41) is 0. The van der Waals surface area contributed by atoms with Gasteiger partial charge in [-0.25, -0.2) is 8.78 Å². The highest BCUT2D eigenvalue weighted by Gasteiger charge is 2.40. The van der Waals surface area contributed by atoms with E-state index in [0.29, 0.717) is 18.7 Å². The molecule has 1 saturated heterocycles. The Bertz CT molecular complexity index is 315. The zero-order valence-corrected chi connectivity index (χ0v) is 12.0. The minimum Gasteiger partial charge on any atom is -0.339 e. The summed E-state index contributed by atoms with van der Waals surface area (Å²) in [5.74, 6) is -2.02. The lowest BCUT2D eigenvalue weighted by Crippen LogP contribution is -2.42. The van der Waals surface area contributed by atoms with Gasteiger partial charge in [-0.05, 0) is 38.5 Å². The van der Waals surface area contributed by atoms with Crippen LogP contribution in [0.4, 0.5) is 8.78 Å². The number of hydrogen-bond donors (Lipinski definition) is 0. The molecule has 2 aliphatic rings. The molecule has 0 aromatic heterocycles. The molecule has 2 fully saturated rings. The minimum absolute atomic E-state index is 0.104. The Morgan fingerprint density at radius 3 is 2.58 bits per heavy atom. The maximum atomic E-state index is 13.1. The van der Waals surface area contributed by atoms with Gasteiger partial charge in [0.05, 0.1) is 0 Å². The third kappa shape index (κ3) is 3.80. The normalized spacial score (nSPS) is 27.7. The fourth-order valence-corrected chi connectivity index (χ4v) is 3.41. The fourth-order valence-electron chi connectivity index (χ4n) is 3.26. The van der Waals surface area contributed by atoms with E-state index >= 15 is 0 Å². The Morgan fingerprint density at radius 2 is 1.95 bits per heavy atom. The molecule has 0 N–H and O–H groups in total. The summed E-state index contributed by atoms with van der Waals surface area (Å²) < 4.78 is 26.2. The summed E-state index contributed by atoms with van der Waals surface area (Å²) in [6.07, 6.45) is 4.33. The van der Waals surface area contributed by atoms with E-state index in [1.54, 1.807) is 0 Å². The fraction of sp³-hybridized carbons (Fsp3) is 0.929. The van der Waals surface area contributed by atoms with Crippen molar-refractivity contribution in [3.05, 3.63) is 0 Å². The van der Waals surface area contributed by atoms with Gasteiger partial charge in [0.25, 0.3) is 0 Å². The second kappa shape index (κ2) is 6.38. The second-order valence-electron chi connectivity index (χ2n) is 5.79. The van der Waals surface area contributed by atoms with Crippen LogP contribution in [0.25, 0.3) is 0 Å². The monoisotopic (exact) mass is 293 g/mol. The molecule has 110 valence electrons. The number of halogens is 3. The molecule has 0 aromatic rings. The maximum absolute atomic E-state index is 13.1. The number of nitrogens with zero attached hydrogens (tertiary/aromatic N) is 1. The van der Waals surface area contributed by atoms with E-state index in [1.165, 1.54) is 0 Å². The average molecular weight is 294 g/mol. The van der Waals surface area contributed by atoms with Gasteiger partial charge >= 0.3 is 0 Å². The van der Waals surface area contributed by atoms with E-state index in [1.807, 2.05) is 4.90 Å². The molecule has 1 heterocycles. The van der Waals surface area contributed by atoms with Crippen LogP contribution in [0.15, 0.2) is 0 Å². The number of alkyl halides is 3. The third-order valence-electron chi connectivity index (χ3n) is 4.40. The molecule has 0 bridgehead atoms. The van der Waals surface area contributed by atoms with E-state index in [9.17, 15) is 13.6 Å². The first-order valence-electron chi connectivity index (χ1n) is 7.28. The molecular formula is C14H22ClF2NO. The Labute approximate surface area is 118 Å². The van der Waals surface area contributed by atoms with E-state index in [0.717, 1.165) is 32.2 Å². The second-order valence-corrected chi connectivity index (χ2v) is 6.17. The van der Waals surface area contributed by atoms with E-state index < -0.39 is 5.92 Å². The van der Waals surface area contributed by atoms with Crippen molar-refractivity contribution < 1.29 is 13.6 Å². The van der Waals surface area contributed by atoms with Crippen LogP contribution in [-0.4, -0.2) is 35.2 Å². The molecule has 1 aliphatic carbocycles. The molecule has 0 spiro atoms. The van der Waals surface area contributed by atoms with E-state index in [4.69, 9.17) is 11.6 Å². The van der Waals surface area contributed by atoms with Crippen molar-refractivity contribution in [2.75, 3.05) is 12.4 Å². The molecule has 2 rings (SSSR count). The number of carbonyl (C=O) groups excluding carboxylic acids is 1. The summed E-state index contributed by atoms with van der Waals surface area (Å²) in [7, 11) is 0. The zero-order valence-electron chi connectivity index (χ0n) is 11.2. The summed E-state index contributed by atoms with van der Waals surface area (Å²) in [6, 6.07) is 0.286. The first kappa shape index (κ1) is 15.0. The van der Waals surface area contributed by atoms with Crippen molar-refractivity contribution in [2.45, 2.75) is 63.3 Å². The third-order valence-corrected chi connectivity index (χ3v) is 4.66. The van der Waals surface area contributed by atoms with Crippen LogP contribution in [-0.2, 0) is 4.79 Å². The lowest BCUT2D eigenvalue weighted by molar-refractivity contribution is -0.140. The molecule has 0 aromatic carbocycles. The Balaban J connectivity index is 1.88. The van der Waals surface area contributed by atoms with E-state index in [2.05, 4.69) is 0 Å². The van der Waals surface area contributed by atoms with Gasteiger partial charge in [-0.2, -0.15) is 0 Å². The molecule has 1 aliphatic heterocycles. The molecule has 1 unspecified atom stereocenters. The van der Waals surface area contributed by atoms with Gasteiger partial charge in [0, 0.05) is 37.2 Å². The van der Waals surface area contributed by atoms with Gasteiger partial charge in [-0.15, -0.1) is 11.6 Å². The van der Waals surface area contributed by atoms with Crippen molar-refractivity contribution >= 4 is 17.5 Å². The average Bonchev–Trinajstić information content (AvgIpc) is 2.83. The standard InChI is InChI=1S/C14H22ClF2NO/c15-9-1-3-12-4-2-10-18(12)13(19)11-5-7-14(16,17)8-6-11/h11-12H,1-10H2. The highest BCUT2D eigenvalue weighted by molar-refractivity contribution is 6.17. The quantitative estimate of drug-likeness (QED) is 0.722. The molecule has 19 heavy (non-hydrogen) atoms. The Kier molecular flexibility index (Phi) is 5.04. The predicted molar refractivity (Wildman–Crippen MR) is 71.6 cm³/mol. The number of likely N-dealkylation sites (tertiary alicyclic amines) is 1. The van der Waals surface area contributed by atoms with Crippen LogP contribution in [0.3, 0.4) is 0 Å². The summed E-state index contributed by atoms with van der Waals surface area (Å²) in [4.78, 5) is 14.4. The minimum atomic E-state index is -2.56. The topological polar surface area (TPSA) is 20.3 Å². The molecule has 1 saturated carbocycles. The summed E-state index contributed by atoms with van der Waals surface area (Å²) in [6.45, 7) is 0.790. The highest BCUT2D eigenvalue weighted by atomic mass is 35.5. The van der Waals surface area contributed by atoms with Crippen LogP contribution in [0.2, 0.25) is 0 Å². The molecule has 0 radical (unpaired) electrons. The molecule has 2 nitrogen and oxygen atoms in total. The molecule has 5 heteroatoms. The molecule has 1 atom stereocenters. The Morgan fingerprint density at radius 1 is 1.26 bits per heavy atom. The van der Waals surface area contributed by atoms with Crippen LogP contribution in [0.1, 0.15) is 51.4 Å². The van der Waals surface area contributed by atoms with Gasteiger partial charge in [-0.1, -0.05) is 0 Å². The van der Waals surface area contributed by atoms with Gasteiger partial charge in [0.2, 0.25) is 11.8 Å². The number of amides is 1. The molecular weight excluding hydrogens is 272 g/mol. The van der Waals surface area contributed by atoms with E-state index in [-0.39, 0.29) is 30.7 Å². The largest absolute Gasteiger partial charge is 0.339 e. The lowest BCUT2D eigenvalue weighted by atomic mass is 9.85. The Hall–Kier alpha value is -0.380. The highest BCUT2D eigenvalue weighted by Crippen LogP contribution is 2.38. The smallest absolute Gasteiger partial charge is 0.248 e. The van der Waals surface area contributed by atoms with Gasteiger partial charge in [0.1, 0.15) is 0 Å². The van der Waals surface area contributed by atoms with Crippen molar-refractivity contribution in [2.24, 2.45) is 5.92 Å². The van der Waals surface area contributed by atoms with Gasteiger partial charge in [0.15, 0.2) is 0 Å². The van der Waals surface area contributed by atoms with Crippen LogP contribution >= 0.6 is 11.6 Å². The maximum Gasteiger partial charge on any atom is 0.248 e. The number of carbonyl (C=O) groups is 1. The van der Waals surface area contributed by atoms with Gasteiger partial charge in [-0.3, -0.25) is 4.79 Å². The predicted octanol–water partition coefficient (Wildman–Crippen LogP) is 3.82. The van der Waals surface area contributed by atoms with Crippen LogP contribution < -0.4 is 0 Å². The zero-order chi connectivity index (χ0) is 13.9. The first-order valence-corrected chi connectivity index (χ1v) is 7.81. The summed E-state index contributed by atoms with van der Waals surface area (Å²) >= 11 is 5.70. The first-order chi connectivity index (χ1) is 9.03. The van der Waals surface area contributed by atoms with Crippen molar-refractivity contribution in [1.82, 2.24) is 4.90 Å². The van der Waals surface area contributed by atoms with Crippen molar-refractivity contribution in [1.29, 1.82) is 0 Å². The van der Waals surface area contributed by atoms with Crippen LogP contribution in [0, 0.1) is 5.92 Å². The van der Waals surface area contributed by atoms with Gasteiger partial charge < -0.3 is 4.90 Å². The summed E-state index contributed by atoms with van der Waals surface area (Å²) in [5.41, 5.74) is 0. The number of hydrogen-bond acceptors (Lipinski definition) is 1. The van der Waals surface area contributed by atoms with Crippen molar-refractivity contribution in [3.8, 4) is 0 Å². The lowest BCUT2D eigenvalue weighted by Gasteiger charge is -2.33. The SMILES string of the molecule is O=C(C1CCC(F)(F)CC1)N1CCCC1CCCCl. The molecule has 1 amide bonds. The van der Waals surface area contributed by atoms with Crippen LogP contribution in [0.5, 0.6) is 0 Å². The number of rotatable bonds is 4.